The van der Waals surface area contributed by atoms with Crippen LogP contribution in [-0.2, 0) is 11.3 Å². The van der Waals surface area contributed by atoms with Gasteiger partial charge in [-0.2, -0.15) is 0 Å². The number of carbonyl (C=O) groups is 1. The fourth-order valence-electron chi connectivity index (χ4n) is 2.75. The zero-order valence-electron chi connectivity index (χ0n) is 16.6. The van der Waals surface area contributed by atoms with Crippen molar-refractivity contribution in [2.45, 2.75) is 59.6 Å². The van der Waals surface area contributed by atoms with Crippen molar-refractivity contribution in [1.82, 2.24) is 19.9 Å². The van der Waals surface area contributed by atoms with E-state index in [9.17, 15) is 14.4 Å². The largest absolute Gasteiger partial charge is 0.379 e. The summed E-state index contributed by atoms with van der Waals surface area (Å²) in [5.74, 6) is -0.319. The number of aryl methyl sites for hydroxylation is 1. The first kappa shape index (κ1) is 20.8. The Morgan fingerprint density at radius 3 is 2.59 bits per heavy atom. The summed E-state index contributed by atoms with van der Waals surface area (Å²) in [4.78, 5) is 44.0. The molecule has 0 radical (unpaired) electrons. The molecule has 0 saturated heterocycles. The number of nitrogens with one attached hydrogen (secondary N) is 2. The van der Waals surface area contributed by atoms with Gasteiger partial charge >= 0.3 is 5.69 Å². The van der Waals surface area contributed by atoms with Crippen molar-refractivity contribution in [3.05, 3.63) is 38.2 Å². The number of ether oxygens (including phenoxy) is 1. The van der Waals surface area contributed by atoms with E-state index in [1.54, 1.807) is 13.0 Å². The van der Waals surface area contributed by atoms with Crippen LogP contribution < -0.4 is 16.6 Å². The highest BCUT2D eigenvalue weighted by Gasteiger charge is 2.19. The molecule has 0 aromatic carbocycles. The molecule has 1 amide bonds. The highest BCUT2D eigenvalue weighted by atomic mass is 16.5. The van der Waals surface area contributed by atoms with Crippen LogP contribution in [0.3, 0.4) is 0 Å². The highest BCUT2D eigenvalue weighted by Crippen LogP contribution is 2.19. The fraction of sp³-hybridized carbons (Fsp3) is 0.579. The second-order valence-corrected chi connectivity index (χ2v) is 6.98. The van der Waals surface area contributed by atoms with Gasteiger partial charge in [-0.1, -0.05) is 13.8 Å². The maximum atomic E-state index is 12.7. The number of hydrogen-bond donors (Lipinski definition) is 2. The molecule has 0 aliphatic carbocycles. The molecule has 2 rings (SSSR count). The lowest BCUT2D eigenvalue weighted by atomic mass is 10.0. The summed E-state index contributed by atoms with van der Waals surface area (Å²) >= 11 is 0. The summed E-state index contributed by atoms with van der Waals surface area (Å²) in [5.41, 5.74) is 0.00190. The van der Waals surface area contributed by atoms with Crippen LogP contribution in [-0.4, -0.2) is 39.7 Å². The molecule has 0 saturated carbocycles. The van der Waals surface area contributed by atoms with E-state index in [1.165, 1.54) is 4.57 Å². The van der Waals surface area contributed by atoms with Crippen LogP contribution in [0.4, 0.5) is 0 Å². The van der Waals surface area contributed by atoms with Crippen molar-refractivity contribution < 1.29 is 9.53 Å². The number of hydrogen-bond acceptors (Lipinski definition) is 5. The second-order valence-electron chi connectivity index (χ2n) is 6.98. The van der Waals surface area contributed by atoms with Crippen LogP contribution in [0.15, 0.2) is 15.7 Å². The van der Waals surface area contributed by atoms with Gasteiger partial charge in [-0.3, -0.25) is 19.1 Å². The quantitative estimate of drug-likeness (QED) is 0.683. The summed E-state index contributed by atoms with van der Waals surface area (Å²) in [7, 11) is 0. The van der Waals surface area contributed by atoms with Gasteiger partial charge in [0, 0.05) is 25.4 Å². The number of H-pyrrole nitrogens is 1. The van der Waals surface area contributed by atoms with Crippen molar-refractivity contribution >= 4 is 16.9 Å². The van der Waals surface area contributed by atoms with Gasteiger partial charge in [0.15, 0.2) is 5.65 Å². The smallest absolute Gasteiger partial charge is 0.329 e. The molecule has 0 atom stereocenters. The number of fused-ring (bicyclic) bond motifs is 1. The van der Waals surface area contributed by atoms with E-state index >= 15 is 0 Å². The maximum Gasteiger partial charge on any atom is 0.329 e. The molecular weight excluding hydrogens is 348 g/mol. The molecule has 148 valence electrons. The second kappa shape index (κ2) is 8.94. The normalized spacial score (nSPS) is 11.5. The molecule has 8 nitrogen and oxygen atoms in total. The first-order valence-electron chi connectivity index (χ1n) is 9.33. The standard InChI is InChI=1S/C19H28N4O4/c1-6-23-16-15(18(25)22-19(23)26)13(10-14(21-16)11(2)3)17(24)20-8-7-9-27-12(4)5/h10-12H,6-9H2,1-5H3,(H,20,24)(H,22,25,26). The number of pyridine rings is 1. The molecule has 0 fully saturated rings. The number of rotatable bonds is 8. The van der Waals surface area contributed by atoms with Crippen LogP contribution >= 0.6 is 0 Å². The third kappa shape index (κ3) is 4.82. The molecule has 8 heteroatoms. The minimum Gasteiger partial charge on any atom is -0.379 e. The monoisotopic (exact) mass is 376 g/mol. The number of nitrogens with zero attached hydrogens (tertiary/aromatic N) is 2. The molecule has 0 aliphatic heterocycles. The van der Waals surface area contributed by atoms with E-state index in [1.807, 2.05) is 27.7 Å². The zero-order chi connectivity index (χ0) is 20.1. The van der Waals surface area contributed by atoms with Gasteiger partial charge in [0.2, 0.25) is 0 Å². The predicted octanol–water partition coefficient (Wildman–Crippen LogP) is 1.77. The molecule has 0 bridgehead atoms. The molecule has 2 aromatic rings. The fourth-order valence-corrected chi connectivity index (χ4v) is 2.75. The summed E-state index contributed by atoms with van der Waals surface area (Å²) in [6.45, 7) is 10.9. The van der Waals surface area contributed by atoms with Crippen molar-refractivity contribution in [2.24, 2.45) is 0 Å². The van der Waals surface area contributed by atoms with Crippen molar-refractivity contribution in [3.8, 4) is 0 Å². The van der Waals surface area contributed by atoms with Crippen molar-refractivity contribution in [3.63, 3.8) is 0 Å². The Morgan fingerprint density at radius 2 is 2.00 bits per heavy atom. The number of amides is 1. The average Bonchev–Trinajstić information content (AvgIpc) is 2.60. The van der Waals surface area contributed by atoms with Gasteiger partial charge < -0.3 is 10.1 Å². The van der Waals surface area contributed by atoms with Crippen LogP contribution in [0.1, 0.15) is 63.0 Å². The van der Waals surface area contributed by atoms with Gasteiger partial charge in [-0.25, -0.2) is 9.78 Å². The molecule has 2 aromatic heterocycles. The summed E-state index contributed by atoms with van der Waals surface area (Å²) in [6.07, 6.45) is 0.808. The minimum absolute atomic E-state index is 0.0417. The Kier molecular flexibility index (Phi) is 6.90. The molecule has 2 heterocycles. The molecule has 0 spiro atoms. The molecule has 2 N–H and O–H groups in total. The Hall–Kier alpha value is -2.48. The number of aromatic nitrogens is 3. The Morgan fingerprint density at radius 1 is 1.30 bits per heavy atom. The molecular formula is C19H28N4O4. The number of aromatic amines is 1. The van der Waals surface area contributed by atoms with Crippen LogP contribution in [0, 0.1) is 0 Å². The highest BCUT2D eigenvalue weighted by molar-refractivity contribution is 6.05. The first-order chi connectivity index (χ1) is 12.8. The van der Waals surface area contributed by atoms with Crippen LogP contribution in [0.25, 0.3) is 11.0 Å². The van der Waals surface area contributed by atoms with Gasteiger partial charge in [0.25, 0.3) is 11.5 Å². The first-order valence-corrected chi connectivity index (χ1v) is 9.33. The Balaban J connectivity index is 2.44. The van der Waals surface area contributed by atoms with E-state index in [2.05, 4.69) is 15.3 Å². The summed E-state index contributed by atoms with van der Waals surface area (Å²) in [5, 5.41) is 2.96. The van der Waals surface area contributed by atoms with E-state index in [4.69, 9.17) is 4.74 Å². The topological polar surface area (TPSA) is 106 Å². The minimum atomic E-state index is -0.601. The van der Waals surface area contributed by atoms with E-state index in [-0.39, 0.29) is 34.5 Å². The van der Waals surface area contributed by atoms with Crippen molar-refractivity contribution in [1.29, 1.82) is 0 Å². The number of carbonyl (C=O) groups excluding carboxylic acids is 1. The average molecular weight is 376 g/mol. The summed E-state index contributed by atoms with van der Waals surface area (Å²) < 4.78 is 6.83. The molecule has 0 unspecified atom stereocenters. The van der Waals surface area contributed by atoms with Gasteiger partial charge in [0.1, 0.15) is 0 Å². The van der Waals surface area contributed by atoms with Gasteiger partial charge in [0.05, 0.1) is 17.1 Å². The van der Waals surface area contributed by atoms with E-state index in [0.29, 0.717) is 31.8 Å². The van der Waals surface area contributed by atoms with E-state index < -0.39 is 11.2 Å². The molecule has 27 heavy (non-hydrogen) atoms. The van der Waals surface area contributed by atoms with Crippen LogP contribution in [0.5, 0.6) is 0 Å². The predicted molar refractivity (Wildman–Crippen MR) is 104 cm³/mol. The lowest BCUT2D eigenvalue weighted by molar-refractivity contribution is 0.0757. The van der Waals surface area contributed by atoms with E-state index in [0.717, 1.165) is 0 Å². The Labute approximate surface area is 158 Å². The zero-order valence-corrected chi connectivity index (χ0v) is 16.6. The van der Waals surface area contributed by atoms with Gasteiger partial charge in [-0.05, 0) is 39.2 Å². The third-order valence-electron chi connectivity index (χ3n) is 4.18. The molecule has 0 aliphatic rings. The SMILES string of the molecule is CCn1c(=O)[nH]c(=O)c2c(C(=O)NCCCOC(C)C)cc(C(C)C)nc21. The third-order valence-corrected chi connectivity index (χ3v) is 4.18. The van der Waals surface area contributed by atoms with Crippen LogP contribution in [0.2, 0.25) is 0 Å². The Bertz CT molecular complexity index is 928. The van der Waals surface area contributed by atoms with Crippen molar-refractivity contribution in [2.75, 3.05) is 13.2 Å². The maximum absolute atomic E-state index is 12.7. The summed E-state index contributed by atoms with van der Waals surface area (Å²) in [6, 6.07) is 1.63. The van der Waals surface area contributed by atoms with Gasteiger partial charge in [-0.15, -0.1) is 0 Å². The lowest BCUT2D eigenvalue weighted by Crippen LogP contribution is -2.33. The lowest BCUT2D eigenvalue weighted by Gasteiger charge is -2.14.